The number of anilines is 1. The van der Waals surface area contributed by atoms with Crippen molar-refractivity contribution in [1.29, 1.82) is 0 Å². The van der Waals surface area contributed by atoms with Crippen LogP contribution >= 0.6 is 0 Å². The molecule has 0 spiro atoms. The summed E-state index contributed by atoms with van der Waals surface area (Å²) in [6.07, 6.45) is 2.21. The van der Waals surface area contributed by atoms with E-state index in [4.69, 9.17) is 4.74 Å². The summed E-state index contributed by atoms with van der Waals surface area (Å²) >= 11 is 0. The number of para-hydroxylation sites is 1. The highest BCUT2D eigenvalue weighted by molar-refractivity contribution is 6.00. The molecule has 0 aliphatic carbocycles. The predicted molar refractivity (Wildman–Crippen MR) is 76.7 cm³/mol. The third kappa shape index (κ3) is 3.47. The Kier molecular flexibility index (Phi) is 4.80. The molecule has 2 N–H and O–H groups in total. The minimum absolute atomic E-state index is 0.0298. The molecule has 1 atom stereocenters. The van der Waals surface area contributed by atoms with Gasteiger partial charge < -0.3 is 15.4 Å². The summed E-state index contributed by atoms with van der Waals surface area (Å²) in [5, 5.41) is 6.26. The predicted octanol–water partition coefficient (Wildman–Crippen LogP) is 2.20. The van der Waals surface area contributed by atoms with Crippen molar-refractivity contribution >= 4 is 11.6 Å². The first-order chi connectivity index (χ1) is 9.22. The van der Waals surface area contributed by atoms with Gasteiger partial charge in [0.05, 0.1) is 17.4 Å². The van der Waals surface area contributed by atoms with E-state index in [1.54, 1.807) is 0 Å². The average molecular weight is 262 g/mol. The minimum Gasteiger partial charge on any atom is -0.384 e. The van der Waals surface area contributed by atoms with E-state index in [1.807, 2.05) is 26.0 Å². The number of carbonyl (C=O) groups is 1. The van der Waals surface area contributed by atoms with Gasteiger partial charge >= 0.3 is 0 Å². The van der Waals surface area contributed by atoms with E-state index in [1.165, 1.54) is 5.56 Å². The van der Waals surface area contributed by atoms with Gasteiger partial charge in [-0.05, 0) is 38.3 Å². The molecule has 0 fully saturated rings. The van der Waals surface area contributed by atoms with Crippen molar-refractivity contribution in [1.82, 2.24) is 5.32 Å². The van der Waals surface area contributed by atoms with E-state index in [2.05, 4.69) is 16.7 Å². The molecule has 0 aromatic heterocycles. The van der Waals surface area contributed by atoms with Gasteiger partial charge in [0, 0.05) is 19.7 Å². The lowest BCUT2D eigenvalue weighted by molar-refractivity contribution is 0.0695. The van der Waals surface area contributed by atoms with Crippen LogP contribution in [0.15, 0.2) is 18.2 Å². The standard InChI is InChI=1S/C15H22N2O2/c1-3-19-11(2)10-17-15(18)13-8-4-6-12-7-5-9-16-14(12)13/h4,6,8,11,16H,3,5,7,9-10H2,1-2H3,(H,17,18). The third-order valence-corrected chi connectivity index (χ3v) is 3.32. The maximum absolute atomic E-state index is 12.2. The molecule has 19 heavy (non-hydrogen) atoms. The fourth-order valence-electron chi connectivity index (χ4n) is 2.37. The van der Waals surface area contributed by atoms with Crippen molar-refractivity contribution in [2.75, 3.05) is 25.0 Å². The Morgan fingerprint density at radius 2 is 2.37 bits per heavy atom. The van der Waals surface area contributed by atoms with Crippen molar-refractivity contribution in [2.45, 2.75) is 32.8 Å². The molecule has 1 aliphatic heterocycles. The zero-order chi connectivity index (χ0) is 13.7. The van der Waals surface area contributed by atoms with Gasteiger partial charge in [0.2, 0.25) is 0 Å². The molecule has 1 aromatic rings. The van der Waals surface area contributed by atoms with E-state index in [9.17, 15) is 4.79 Å². The van der Waals surface area contributed by atoms with Gasteiger partial charge in [0.15, 0.2) is 0 Å². The number of hydrogen-bond donors (Lipinski definition) is 2. The monoisotopic (exact) mass is 262 g/mol. The molecule has 4 nitrogen and oxygen atoms in total. The van der Waals surface area contributed by atoms with Crippen LogP contribution in [0, 0.1) is 0 Å². The average Bonchev–Trinajstić information content (AvgIpc) is 2.44. The molecule has 104 valence electrons. The zero-order valence-corrected chi connectivity index (χ0v) is 11.7. The first-order valence-electron chi connectivity index (χ1n) is 6.98. The Morgan fingerprint density at radius 3 is 3.16 bits per heavy atom. The lowest BCUT2D eigenvalue weighted by Gasteiger charge is -2.21. The van der Waals surface area contributed by atoms with Crippen LogP contribution in [0.3, 0.4) is 0 Å². The summed E-state index contributed by atoms with van der Waals surface area (Å²) in [6, 6.07) is 5.91. The van der Waals surface area contributed by atoms with Crippen molar-refractivity contribution in [2.24, 2.45) is 0 Å². The molecule has 0 saturated heterocycles. The molecule has 1 heterocycles. The van der Waals surface area contributed by atoms with Gasteiger partial charge in [0.1, 0.15) is 0 Å². The van der Waals surface area contributed by atoms with Gasteiger partial charge in [-0.1, -0.05) is 12.1 Å². The highest BCUT2D eigenvalue weighted by atomic mass is 16.5. The second-order valence-electron chi connectivity index (χ2n) is 4.85. The van der Waals surface area contributed by atoms with Crippen molar-refractivity contribution in [3.05, 3.63) is 29.3 Å². The van der Waals surface area contributed by atoms with Crippen LogP contribution in [0.4, 0.5) is 5.69 Å². The Balaban J connectivity index is 2.03. The fourth-order valence-corrected chi connectivity index (χ4v) is 2.37. The number of fused-ring (bicyclic) bond motifs is 1. The topological polar surface area (TPSA) is 50.4 Å². The van der Waals surface area contributed by atoms with Gasteiger partial charge in [0.25, 0.3) is 5.91 Å². The third-order valence-electron chi connectivity index (χ3n) is 3.32. The molecule has 1 amide bonds. The SMILES string of the molecule is CCOC(C)CNC(=O)c1cccc2c1NCCC2. The summed E-state index contributed by atoms with van der Waals surface area (Å²) in [6.45, 7) is 6.06. The quantitative estimate of drug-likeness (QED) is 0.855. The summed E-state index contributed by atoms with van der Waals surface area (Å²) in [7, 11) is 0. The number of carbonyl (C=O) groups excluding carboxylic acids is 1. The molecule has 1 aromatic carbocycles. The summed E-state index contributed by atoms with van der Waals surface area (Å²) in [4.78, 5) is 12.2. The minimum atomic E-state index is -0.0298. The van der Waals surface area contributed by atoms with Gasteiger partial charge in [-0.15, -0.1) is 0 Å². The second kappa shape index (κ2) is 6.57. The molecule has 1 unspecified atom stereocenters. The van der Waals surface area contributed by atoms with Gasteiger partial charge in [-0.2, -0.15) is 0 Å². The van der Waals surface area contributed by atoms with Crippen LogP contribution in [0.25, 0.3) is 0 Å². The highest BCUT2D eigenvalue weighted by Crippen LogP contribution is 2.25. The molecule has 4 heteroatoms. The van der Waals surface area contributed by atoms with E-state index < -0.39 is 0 Å². The van der Waals surface area contributed by atoms with E-state index in [0.29, 0.717) is 13.2 Å². The van der Waals surface area contributed by atoms with Crippen LogP contribution in [0.1, 0.15) is 36.2 Å². The smallest absolute Gasteiger partial charge is 0.253 e. The Labute approximate surface area is 114 Å². The lowest BCUT2D eigenvalue weighted by atomic mass is 9.99. The number of rotatable bonds is 5. The lowest BCUT2D eigenvalue weighted by Crippen LogP contribution is -2.33. The number of aryl methyl sites for hydroxylation is 1. The molecular weight excluding hydrogens is 240 g/mol. The first-order valence-corrected chi connectivity index (χ1v) is 6.98. The largest absolute Gasteiger partial charge is 0.384 e. The number of ether oxygens (including phenoxy) is 1. The molecule has 0 saturated carbocycles. The normalized spacial score (nSPS) is 15.3. The van der Waals surface area contributed by atoms with Crippen molar-refractivity contribution < 1.29 is 9.53 Å². The van der Waals surface area contributed by atoms with Crippen LogP contribution in [0.2, 0.25) is 0 Å². The Morgan fingerprint density at radius 1 is 1.53 bits per heavy atom. The maximum atomic E-state index is 12.2. The summed E-state index contributed by atoms with van der Waals surface area (Å²) < 4.78 is 5.41. The number of amides is 1. The maximum Gasteiger partial charge on any atom is 0.253 e. The summed E-state index contributed by atoms with van der Waals surface area (Å²) in [5.74, 6) is -0.0298. The van der Waals surface area contributed by atoms with Gasteiger partial charge in [-0.3, -0.25) is 4.79 Å². The van der Waals surface area contributed by atoms with Crippen LogP contribution < -0.4 is 10.6 Å². The molecule has 1 aliphatic rings. The van der Waals surface area contributed by atoms with Crippen LogP contribution in [-0.2, 0) is 11.2 Å². The van der Waals surface area contributed by atoms with Crippen molar-refractivity contribution in [3.8, 4) is 0 Å². The van der Waals surface area contributed by atoms with E-state index >= 15 is 0 Å². The number of nitrogens with one attached hydrogen (secondary N) is 2. The van der Waals surface area contributed by atoms with E-state index in [0.717, 1.165) is 30.6 Å². The van der Waals surface area contributed by atoms with Crippen LogP contribution in [-0.4, -0.2) is 31.7 Å². The fraction of sp³-hybridized carbons (Fsp3) is 0.533. The Bertz CT molecular complexity index is 446. The summed E-state index contributed by atoms with van der Waals surface area (Å²) in [5.41, 5.74) is 2.97. The number of hydrogen-bond acceptors (Lipinski definition) is 3. The van der Waals surface area contributed by atoms with E-state index in [-0.39, 0.29) is 12.0 Å². The second-order valence-corrected chi connectivity index (χ2v) is 4.85. The van der Waals surface area contributed by atoms with Crippen molar-refractivity contribution in [3.63, 3.8) is 0 Å². The molecule has 0 radical (unpaired) electrons. The number of benzene rings is 1. The molecule has 2 rings (SSSR count). The zero-order valence-electron chi connectivity index (χ0n) is 11.7. The Hall–Kier alpha value is -1.55. The molecule has 0 bridgehead atoms. The first kappa shape index (κ1) is 13.9. The van der Waals surface area contributed by atoms with Crippen LogP contribution in [0.5, 0.6) is 0 Å². The van der Waals surface area contributed by atoms with Gasteiger partial charge in [-0.25, -0.2) is 0 Å². The highest BCUT2D eigenvalue weighted by Gasteiger charge is 2.17. The molecular formula is C15H22N2O2.